The lowest BCUT2D eigenvalue weighted by Gasteiger charge is -2.31. The molecule has 0 spiro atoms. The van der Waals surface area contributed by atoms with Crippen molar-refractivity contribution < 1.29 is 18.8 Å². The third kappa shape index (κ3) is 6.53. The third-order valence-corrected chi connectivity index (χ3v) is 7.82. The Kier molecular flexibility index (Phi) is 8.66. The average molecular weight is 534 g/mol. The zero-order valence-corrected chi connectivity index (χ0v) is 23.2. The van der Waals surface area contributed by atoms with E-state index in [1.165, 1.54) is 24.9 Å². The minimum Gasteiger partial charge on any atom is -0.493 e. The Labute approximate surface area is 230 Å². The van der Waals surface area contributed by atoms with E-state index in [0.29, 0.717) is 36.3 Å². The summed E-state index contributed by atoms with van der Waals surface area (Å²) in [5, 5.41) is 7.40. The number of hydrogen-bond donors (Lipinski definition) is 1. The first-order valence-electron chi connectivity index (χ1n) is 14.0. The van der Waals surface area contributed by atoms with Crippen LogP contribution in [0.5, 0.6) is 11.5 Å². The molecule has 0 radical (unpaired) electrons. The number of amides is 1. The van der Waals surface area contributed by atoms with Crippen LogP contribution in [0, 0.1) is 5.92 Å². The smallest absolute Gasteiger partial charge is 0.241 e. The van der Waals surface area contributed by atoms with Crippen LogP contribution in [0.25, 0.3) is 11.4 Å². The Balaban J connectivity index is 1.15. The number of rotatable bonds is 9. The molecule has 2 saturated heterocycles. The maximum atomic E-state index is 13.2. The van der Waals surface area contributed by atoms with Crippen LogP contribution in [0.1, 0.15) is 56.5 Å². The lowest BCUT2D eigenvalue weighted by atomic mass is 9.96. The van der Waals surface area contributed by atoms with Gasteiger partial charge in [0.15, 0.2) is 11.5 Å². The Morgan fingerprint density at radius 2 is 1.79 bits per heavy atom. The molecule has 2 atom stereocenters. The van der Waals surface area contributed by atoms with Gasteiger partial charge in [-0.15, -0.1) is 0 Å². The van der Waals surface area contributed by atoms with Crippen molar-refractivity contribution in [3.63, 3.8) is 0 Å². The van der Waals surface area contributed by atoms with E-state index in [2.05, 4.69) is 56.4 Å². The molecule has 2 unspecified atom stereocenters. The van der Waals surface area contributed by atoms with E-state index >= 15 is 0 Å². The fourth-order valence-corrected chi connectivity index (χ4v) is 5.56. The zero-order valence-electron chi connectivity index (χ0n) is 23.2. The summed E-state index contributed by atoms with van der Waals surface area (Å²) in [5.74, 6) is 2.32. The molecule has 2 aromatic carbocycles. The van der Waals surface area contributed by atoms with E-state index in [1.54, 1.807) is 14.2 Å². The summed E-state index contributed by atoms with van der Waals surface area (Å²) in [6.45, 7) is 6.39. The van der Waals surface area contributed by atoms with Crippen LogP contribution in [0.3, 0.4) is 0 Å². The van der Waals surface area contributed by atoms with Crippen molar-refractivity contribution in [2.45, 2.75) is 51.6 Å². The molecule has 2 fully saturated rings. The second-order valence-electron chi connectivity index (χ2n) is 10.5. The molecule has 0 aliphatic carbocycles. The van der Waals surface area contributed by atoms with E-state index in [-0.39, 0.29) is 17.9 Å². The van der Waals surface area contributed by atoms with Crippen molar-refractivity contribution in [2.75, 3.05) is 45.3 Å². The number of piperidine rings is 2. The van der Waals surface area contributed by atoms with Gasteiger partial charge in [0.05, 0.1) is 32.7 Å². The predicted octanol–water partition coefficient (Wildman–Crippen LogP) is 4.83. The van der Waals surface area contributed by atoms with Gasteiger partial charge < -0.3 is 24.2 Å². The predicted molar refractivity (Wildman–Crippen MR) is 150 cm³/mol. The number of likely N-dealkylation sites (tertiary alicyclic amines) is 1. The zero-order chi connectivity index (χ0) is 27.2. The van der Waals surface area contributed by atoms with Crippen molar-refractivity contribution >= 4 is 11.6 Å². The summed E-state index contributed by atoms with van der Waals surface area (Å²) in [6.07, 6.45) is 5.68. The number of carbonyl (C=O) groups is 1. The minimum atomic E-state index is -0.0675. The number of nitrogens with zero attached hydrogens (tertiary/aromatic N) is 4. The monoisotopic (exact) mass is 533 g/mol. The van der Waals surface area contributed by atoms with Gasteiger partial charge in [0.2, 0.25) is 17.6 Å². The number of carbonyl (C=O) groups excluding carboxylic acids is 1. The van der Waals surface area contributed by atoms with Crippen molar-refractivity contribution in [3.8, 4) is 22.9 Å². The minimum absolute atomic E-state index is 0.0386. The molecule has 9 nitrogen and oxygen atoms in total. The van der Waals surface area contributed by atoms with Gasteiger partial charge in [0.1, 0.15) is 0 Å². The number of anilines is 1. The van der Waals surface area contributed by atoms with Crippen LogP contribution in [0.4, 0.5) is 5.69 Å². The summed E-state index contributed by atoms with van der Waals surface area (Å²) in [7, 11) is 3.20. The summed E-state index contributed by atoms with van der Waals surface area (Å²) in [5.41, 5.74) is 3.19. The number of nitrogens with one attached hydrogen (secondary N) is 1. The Hall–Kier alpha value is -3.59. The molecular formula is C30H39N5O4. The molecule has 3 aromatic rings. The summed E-state index contributed by atoms with van der Waals surface area (Å²) in [6, 6.07) is 14.2. The van der Waals surface area contributed by atoms with Crippen LogP contribution in [0.2, 0.25) is 0 Å². The molecule has 9 heteroatoms. The molecule has 0 bridgehead atoms. The van der Waals surface area contributed by atoms with E-state index in [0.717, 1.165) is 43.6 Å². The van der Waals surface area contributed by atoms with Gasteiger partial charge in [0, 0.05) is 30.9 Å². The van der Waals surface area contributed by atoms with Crippen LogP contribution in [-0.2, 0) is 11.3 Å². The van der Waals surface area contributed by atoms with Crippen LogP contribution >= 0.6 is 0 Å². The quantitative estimate of drug-likeness (QED) is 0.418. The highest BCUT2D eigenvalue weighted by molar-refractivity contribution is 5.79. The number of aromatic nitrogens is 2. The maximum Gasteiger partial charge on any atom is 0.241 e. The molecule has 1 amide bonds. The van der Waals surface area contributed by atoms with Crippen molar-refractivity contribution in [1.82, 2.24) is 20.4 Å². The van der Waals surface area contributed by atoms with Gasteiger partial charge in [0.25, 0.3) is 0 Å². The standard InChI is InChI=1S/C30H39N5O4/c1-21(22-9-12-25(13-10-22)35-16-5-4-6-17-35)31-30(36)24-8-7-15-34(19-24)20-28-32-29(33-39-28)23-11-14-26(37-2)27(18-23)38-3/h9-14,18,21,24H,4-8,15-17,19-20H2,1-3H3,(H,31,36). The van der Waals surface area contributed by atoms with Crippen molar-refractivity contribution in [3.05, 3.63) is 53.9 Å². The SMILES string of the molecule is COc1ccc(-c2noc(CN3CCCC(C(=O)NC(C)c4ccc(N5CCCCC5)cc4)C3)n2)cc1OC. The number of hydrogen-bond acceptors (Lipinski definition) is 8. The Bertz CT molecular complexity index is 1240. The van der Waals surface area contributed by atoms with E-state index in [1.807, 2.05) is 18.2 Å². The largest absolute Gasteiger partial charge is 0.493 e. The van der Waals surface area contributed by atoms with E-state index < -0.39 is 0 Å². The molecule has 2 aliphatic heterocycles. The molecule has 208 valence electrons. The van der Waals surface area contributed by atoms with Gasteiger partial charge in [-0.1, -0.05) is 17.3 Å². The second kappa shape index (κ2) is 12.5. The van der Waals surface area contributed by atoms with Crippen LogP contribution in [-0.4, -0.2) is 61.3 Å². The van der Waals surface area contributed by atoms with Crippen molar-refractivity contribution in [2.24, 2.45) is 5.92 Å². The lowest BCUT2D eigenvalue weighted by molar-refractivity contribution is -0.127. The van der Waals surface area contributed by atoms with Crippen LogP contribution in [0.15, 0.2) is 47.0 Å². The van der Waals surface area contributed by atoms with Gasteiger partial charge in [-0.2, -0.15) is 4.98 Å². The maximum absolute atomic E-state index is 13.2. The van der Waals surface area contributed by atoms with Crippen molar-refractivity contribution in [1.29, 1.82) is 0 Å². The van der Waals surface area contributed by atoms with Crippen LogP contribution < -0.4 is 19.7 Å². The summed E-state index contributed by atoms with van der Waals surface area (Å²) < 4.78 is 16.2. The topological polar surface area (TPSA) is 93.0 Å². The highest BCUT2D eigenvalue weighted by Gasteiger charge is 2.28. The van der Waals surface area contributed by atoms with Gasteiger partial charge in [-0.3, -0.25) is 9.69 Å². The normalized spacial score (nSPS) is 18.9. The molecule has 1 aromatic heterocycles. The molecule has 1 N–H and O–H groups in total. The third-order valence-electron chi connectivity index (χ3n) is 7.82. The lowest BCUT2D eigenvalue weighted by Crippen LogP contribution is -2.43. The van der Waals surface area contributed by atoms with Gasteiger partial charge >= 0.3 is 0 Å². The molecular weight excluding hydrogens is 494 g/mol. The molecule has 2 aliphatic rings. The second-order valence-corrected chi connectivity index (χ2v) is 10.5. The first-order chi connectivity index (χ1) is 19.0. The molecule has 3 heterocycles. The highest BCUT2D eigenvalue weighted by atomic mass is 16.5. The first-order valence-corrected chi connectivity index (χ1v) is 14.0. The highest BCUT2D eigenvalue weighted by Crippen LogP contribution is 2.31. The number of benzene rings is 2. The van der Waals surface area contributed by atoms with E-state index in [9.17, 15) is 4.79 Å². The van der Waals surface area contributed by atoms with Gasteiger partial charge in [-0.05, 0) is 81.5 Å². The fourth-order valence-electron chi connectivity index (χ4n) is 5.56. The summed E-state index contributed by atoms with van der Waals surface area (Å²) >= 11 is 0. The number of ether oxygens (including phenoxy) is 2. The molecule has 39 heavy (non-hydrogen) atoms. The average Bonchev–Trinajstić information content (AvgIpc) is 3.45. The first kappa shape index (κ1) is 27.0. The molecule has 5 rings (SSSR count). The van der Waals surface area contributed by atoms with Gasteiger partial charge in [-0.25, -0.2) is 0 Å². The Morgan fingerprint density at radius 3 is 2.54 bits per heavy atom. The fraction of sp³-hybridized carbons (Fsp3) is 0.500. The number of methoxy groups -OCH3 is 2. The molecule has 0 saturated carbocycles. The Morgan fingerprint density at radius 1 is 1.03 bits per heavy atom. The van der Waals surface area contributed by atoms with E-state index in [4.69, 9.17) is 14.0 Å². The summed E-state index contributed by atoms with van der Waals surface area (Å²) in [4.78, 5) is 22.4.